The van der Waals surface area contributed by atoms with E-state index in [1.807, 2.05) is 6.92 Å². The molecule has 0 bridgehead atoms. The van der Waals surface area contributed by atoms with Gasteiger partial charge in [0.05, 0.1) is 0 Å². The van der Waals surface area contributed by atoms with Gasteiger partial charge in [-0.15, -0.1) is 0 Å². The Morgan fingerprint density at radius 1 is 1.65 bits per heavy atom. The Labute approximate surface area is 113 Å². The molecule has 1 aliphatic heterocycles. The molecule has 0 amide bonds. The fourth-order valence-corrected chi connectivity index (χ4v) is 3.12. The zero-order valence-corrected chi connectivity index (χ0v) is 10.9. The number of hydrogen-bond donors (Lipinski definition) is 3. The van der Waals surface area contributed by atoms with Crippen molar-refractivity contribution in [3.8, 4) is 0 Å². The Balaban J connectivity index is 1.97. The number of hydrogen-bond acceptors (Lipinski definition) is 6. The Morgan fingerprint density at radius 3 is 2.95 bits per heavy atom. The predicted octanol–water partition coefficient (Wildman–Crippen LogP) is -0.663. The third-order valence-corrected chi connectivity index (χ3v) is 4.20. The van der Waals surface area contributed by atoms with Gasteiger partial charge in [0.1, 0.15) is 17.5 Å². The molecule has 8 heteroatoms. The maximum Gasteiger partial charge on any atom is 0.351 e. The molecule has 3 rings (SSSR count). The molecular formula is C12H16FN3O4. The lowest BCUT2D eigenvalue weighted by molar-refractivity contribution is -0.0955. The van der Waals surface area contributed by atoms with Crippen LogP contribution >= 0.6 is 0 Å². The molecule has 0 radical (unpaired) electrons. The maximum atomic E-state index is 14.4. The molecule has 1 saturated heterocycles. The number of halogens is 1. The Bertz CT molecular complexity index is 609. The fourth-order valence-electron chi connectivity index (χ4n) is 3.12. The van der Waals surface area contributed by atoms with E-state index in [1.54, 1.807) is 0 Å². The summed E-state index contributed by atoms with van der Waals surface area (Å²) in [6, 6.07) is 1.34. The molecule has 0 spiro atoms. The second kappa shape index (κ2) is 4.00. The minimum atomic E-state index is -1.96. The second-order valence-electron chi connectivity index (χ2n) is 5.32. The van der Waals surface area contributed by atoms with Crippen LogP contribution in [0.5, 0.6) is 0 Å². The molecular weight excluding hydrogens is 269 g/mol. The SMILES string of the molecule is CCC[C@]12O[C@@H](n3ccc(N)nc3=O)[C@H](F)[C@@]1(O)C2O. The molecule has 2 aliphatic rings. The number of fused-ring (bicyclic) bond motifs is 1. The number of rotatable bonds is 3. The summed E-state index contributed by atoms with van der Waals surface area (Å²) in [6.07, 6.45) is -2.32. The zero-order valence-electron chi connectivity index (χ0n) is 10.9. The van der Waals surface area contributed by atoms with E-state index >= 15 is 0 Å². The number of nitrogens with two attached hydrogens (primary N) is 1. The summed E-state index contributed by atoms with van der Waals surface area (Å²) in [5.74, 6) is 0.0202. The van der Waals surface area contributed by atoms with Crippen molar-refractivity contribution in [2.75, 3.05) is 5.73 Å². The Morgan fingerprint density at radius 2 is 2.35 bits per heavy atom. The lowest BCUT2D eigenvalue weighted by Gasteiger charge is -2.22. The molecule has 7 nitrogen and oxygen atoms in total. The van der Waals surface area contributed by atoms with Gasteiger partial charge in [0.2, 0.25) is 0 Å². The van der Waals surface area contributed by atoms with E-state index in [1.165, 1.54) is 12.3 Å². The normalized spacial score (nSPS) is 42.5. The molecule has 4 N–H and O–H groups in total. The monoisotopic (exact) mass is 285 g/mol. The van der Waals surface area contributed by atoms with E-state index in [2.05, 4.69) is 4.98 Å². The van der Waals surface area contributed by atoms with E-state index in [-0.39, 0.29) is 5.82 Å². The first-order chi connectivity index (χ1) is 9.38. The molecule has 2 heterocycles. The van der Waals surface area contributed by atoms with E-state index in [4.69, 9.17) is 10.5 Å². The molecule has 1 aliphatic carbocycles. The summed E-state index contributed by atoms with van der Waals surface area (Å²) >= 11 is 0. The molecule has 110 valence electrons. The number of nitrogen functional groups attached to an aromatic ring is 1. The number of aromatic nitrogens is 2. The number of aliphatic hydroxyl groups is 2. The predicted molar refractivity (Wildman–Crippen MR) is 66.5 cm³/mol. The summed E-state index contributed by atoms with van der Waals surface area (Å²) in [5.41, 5.74) is 1.31. The molecule has 0 aromatic carbocycles. The van der Waals surface area contributed by atoms with E-state index in [0.29, 0.717) is 12.8 Å². The highest BCUT2D eigenvalue weighted by Crippen LogP contribution is 2.65. The van der Waals surface area contributed by atoms with Crippen LogP contribution in [0.15, 0.2) is 17.1 Å². The van der Waals surface area contributed by atoms with Crippen molar-refractivity contribution in [3.63, 3.8) is 0 Å². The zero-order chi connectivity index (χ0) is 14.7. The van der Waals surface area contributed by atoms with Crippen LogP contribution in [0, 0.1) is 0 Å². The highest BCUT2D eigenvalue weighted by atomic mass is 19.1. The van der Waals surface area contributed by atoms with Gasteiger partial charge in [-0.25, -0.2) is 9.18 Å². The minimum absolute atomic E-state index is 0.0202. The first kappa shape index (κ1) is 13.5. The van der Waals surface area contributed by atoms with Gasteiger partial charge in [-0.05, 0) is 12.5 Å². The molecule has 1 unspecified atom stereocenters. The van der Waals surface area contributed by atoms with E-state index in [0.717, 1.165) is 4.57 Å². The molecule has 20 heavy (non-hydrogen) atoms. The second-order valence-corrected chi connectivity index (χ2v) is 5.32. The van der Waals surface area contributed by atoms with Crippen LogP contribution in [0.4, 0.5) is 10.2 Å². The van der Waals surface area contributed by atoms with Crippen molar-refractivity contribution in [1.29, 1.82) is 0 Å². The van der Waals surface area contributed by atoms with Crippen LogP contribution in [0.2, 0.25) is 0 Å². The van der Waals surface area contributed by atoms with Gasteiger partial charge < -0.3 is 20.7 Å². The Kier molecular flexibility index (Phi) is 2.69. The molecule has 1 aromatic heterocycles. The van der Waals surface area contributed by atoms with Crippen LogP contribution in [0.1, 0.15) is 26.0 Å². The van der Waals surface area contributed by atoms with Crippen LogP contribution < -0.4 is 11.4 Å². The topological polar surface area (TPSA) is 111 Å². The van der Waals surface area contributed by atoms with Gasteiger partial charge in [-0.3, -0.25) is 4.57 Å². The number of alkyl halides is 1. The van der Waals surface area contributed by atoms with Crippen LogP contribution in [0.3, 0.4) is 0 Å². The van der Waals surface area contributed by atoms with Crippen LogP contribution in [-0.2, 0) is 4.74 Å². The van der Waals surface area contributed by atoms with Gasteiger partial charge in [-0.2, -0.15) is 4.98 Å². The number of nitrogens with zero attached hydrogens (tertiary/aromatic N) is 2. The summed E-state index contributed by atoms with van der Waals surface area (Å²) in [5, 5.41) is 20.1. The minimum Gasteiger partial charge on any atom is -0.387 e. The largest absolute Gasteiger partial charge is 0.387 e. The van der Waals surface area contributed by atoms with Gasteiger partial charge >= 0.3 is 5.69 Å². The third-order valence-electron chi connectivity index (χ3n) is 4.20. The van der Waals surface area contributed by atoms with Crippen LogP contribution in [-0.4, -0.2) is 43.2 Å². The van der Waals surface area contributed by atoms with Crippen molar-refractivity contribution < 1.29 is 19.3 Å². The highest BCUT2D eigenvalue weighted by molar-refractivity contribution is 5.35. The summed E-state index contributed by atoms with van der Waals surface area (Å²) in [4.78, 5) is 15.2. The van der Waals surface area contributed by atoms with Crippen molar-refractivity contribution in [3.05, 3.63) is 22.7 Å². The molecule has 5 atom stereocenters. The average molecular weight is 285 g/mol. The van der Waals surface area contributed by atoms with Gasteiger partial charge in [0.15, 0.2) is 18.0 Å². The summed E-state index contributed by atoms with van der Waals surface area (Å²) in [7, 11) is 0. The number of anilines is 1. The average Bonchev–Trinajstić information content (AvgIpc) is 2.73. The lowest BCUT2D eigenvalue weighted by atomic mass is 10.1. The molecule has 1 saturated carbocycles. The first-order valence-electron chi connectivity index (χ1n) is 6.45. The Hall–Kier alpha value is -1.51. The van der Waals surface area contributed by atoms with E-state index in [9.17, 15) is 19.4 Å². The van der Waals surface area contributed by atoms with Crippen molar-refractivity contribution >= 4 is 5.82 Å². The fraction of sp³-hybridized carbons (Fsp3) is 0.667. The molecule has 2 fully saturated rings. The molecule has 1 aromatic rings. The summed E-state index contributed by atoms with van der Waals surface area (Å²) in [6.45, 7) is 1.83. The van der Waals surface area contributed by atoms with Crippen molar-refractivity contribution in [2.24, 2.45) is 0 Å². The highest BCUT2D eigenvalue weighted by Gasteiger charge is 2.87. The van der Waals surface area contributed by atoms with Crippen molar-refractivity contribution in [1.82, 2.24) is 9.55 Å². The van der Waals surface area contributed by atoms with Crippen LogP contribution in [0.25, 0.3) is 0 Å². The van der Waals surface area contributed by atoms with Gasteiger partial charge in [0, 0.05) is 6.20 Å². The summed E-state index contributed by atoms with van der Waals surface area (Å²) < 4.78 is 20.9. The lowest BCUT2D eigenvalue weighted by Crippen LogP contribution is -2.38. The van der Waals surface area contributed by atoms with Crippen molar-refractivity contribution in [2.45, 2.75) is 49.5 Å². The third kappa shape index (κ3) is 1.38. The quantitative estimate of drug-likeness (QED) is 0.680. The first-order valence-corrected chi connectivity index (χ1v) is 6.45. The smallest absolute Gasteiger partial charge is 0.351 e. The van der Waals surface area contributed by atoms with Gasteiger partial charge in [0.25, 0.3) is 0 Å². The number of aliphatic hydroxyl groups excluding tert-OH is 1. The standard InChI is InChI=1S/C12H16FN3O4/c1-2-4-11-9(17)12(11,19)7(13)8(20-11)16-5-3-6(14)15-10(16)18/h3,5,7-9,17,19H,2,4H2,1H3,(H2,14,15,18)/t7-,8+,9?,11+,12+/m0/s1. The van der Waals surface area contributed by atoms with Gasteiger partial charge in [-0.1, -0.05) is 13.3 Å². The maximum absolute atomic E-state index is 14.4. The van der Waals surface area contributed by atoms with E-state index < -0.39 is 35.4 Å². The number of ether oxygens (including phenoxy) is 1.